The van der Waals surface area contributed by atoms with Crippen LogP contribution < -0.4 is 5.32 Å². The Morgan fingerprint density at radius 1 is 1.21 bits per heavy atom. The molecular formula is C21H23ClN6O. The Hall–Kier alpha value is -2.93. The molecule has 0 bridgehead atoms. The monoisotopic (exact) mass is 410 g/mol. The standard InChI is InChI=1S/C21H23ClN6O/c1-21(2,3)20-26-25-18-14(6-5-11-28(18)20)19(29)23-10-9-17-24-15-12-13(22)7-8-16(15)27(17)4/h5-8,11-12H,9-10H2,1-4H3,(H,23,29). The van der Waals surface area contributed by atoms with Gasteiger partial charge in [-0.05, 0) is 30.3 Å². The third-order valence-electron chi connectivity index (χ3n) is 4.92. The molecule has 1 amide bonds. The molecule has 4 rings (SSSR count). The molecule has 0 unspecified atom stereocenters. The first-order valence-electron chi connectivity index (χ1n) is 9.49. The Kier molecular flexibility index (Phi) is 4.78. The van der Waals surface area contributed by atoms with Crippen molar-refractivity contribution in [3.8, 4) is 0 Å². The minimum Gasteiger partial charge on any atom is -0.351 e. The summed E-state index contributed by atoms with van der Waals surface area (Å²) in [6, 6.07) is 9.25. The van der Waals surface area contributed by atoms with Gasteiger partial charge in [-0.15, -0.1) is 10.2 Å². The van der Waals surface area contributed by atoms with Crippen molar-refractivity contribution >= 4 is 34.2 Å². The zero-order valence-corrected chi connectivity index (χ0v) is 17.7. The average molecular weight is 411 g/mol. The maximum absolute atomic E-state index is 12.8. The lowest BCUT2D eigenvalue weighted by Crippen LogP contribution is -2.27. The highest BCUT2D eigenvalue weighted by Crippen LogP contribution is 2.22. The molecular weight excluding hydrogens is 388 g/mol. The van der Waals surface area contributed by atoms with Gasteiger partial charge in [-0.3, -0.25) is 9.20 Å². The Balaban J connectivity index is 1.51. The second-order valence-corrected chi connectivity index (χ2v) is 8.55. The van der Waals surface area contributed by atoms with Crippen LogP contribution in [-0.2, 0) is 18.9 Å². The van der Waals surface area contributed by atoms with E-state index >= 15 is 0 Å². The molecule has 3 heterocycles. The molecule has 8 heteroatoms. The maximum atomic E-state index is 12.8. The predicted molar refractivity (Wildman–Crippen MR) is 113 cm³/mol. The third-order valence-corrected chi connectivity index (χ3v) is 5.15. The minimum atomic E-state index is -0.176. The lowest BCUT2D eigenvalue weighted by molar-refractivity contribution is 0.0955. The zero-order chi connectivity index (χ0) is 20.8. The fourth-order valence-electron chi connectivity index (χ4n) is 3.43. The van der Waals surface area contributed by atoms with Crippen LogP contribution in [0.2, 0.25) is 5.02 Å². The number of pyridine rings is 1. The average Bonchev–Trinajstić information content (AvgIpc) is 3.23. The topological polar surface area (TPSA) is 77.1 Å². The van der Waals surface area contributed by atoms with Crippen molar-refractivity contribution < 1.29 is 4.79 Å². The van der Waals surface area contributed by atoms with Gasteiger partial charge in [-0.1, -0.05) is 32.4 Å². The summed E-state index contributed by atoms with van der Waals surface area (Å²) in [6.07, 6.45) is 2.49. The molecule has 0 spiro atoms. The zero-order valence-electron chi connectivity index (χ0n) is 16.9. The number of rotatable bonds is 4. The van der Waals surface area contributed by atoms with Gasteiger partial charge in [-0.2, -0.15) is 0 Å². The smallest absolute Gasteiger partial charge is 0.255 e. The van der Waals surface area contributed by atoms with Crippen molar-refractivity contribution in [1.29, 1.82) is 0 Å². The van der Waals surface area contributed by atoms with Gasteiger partial charge in [0.15, 0.2) is 5.65 Å². The first-order valence-corrected chi connectivity index (χ1v) is 9.87. The summed E-state index contributed by atoms with van der Waals surface area (Å²) in [4.78, 5) is 17.4. The summed E-state index contributed by atoms with van der Waals surface area (Å²) in [6.45, 7) is 6.67. The van der Waals surface area contributed by atoms with Gasteiger partial charge in [-0.25, -0.2) is 4.98 Å². The van der Waals surface area contributed by atoms with Crippen LogP contribution in [0.1, 0.15) is 42.8 Å². The highest BCUT2D eigenvalue weighted by Gasteiger charge is 2.23. The van der Waals surface area contributed by atoms with Gasteiger partial charge in [0.1, 0.15) is 11.6 Å². The highest BCUT2D eigenvalue weighted by molar-refractivity contribution is 6.31. The Morgan fingerprint density at radius 3 is 2.76 bits per heavy atom. The van der Waals surface area contributed by atoms with Gasteiger partial charge in [0.2, 0.25) is 0 Å². The molecule has 0 fully saturated rings. The Morgan fingerprint density at radius 2 is 2.00 bits per heavy atom. The molecule has 1 aromatic carbocycles. The summed E-state index contributed by atoms with van der Waals surface area (Å²) in [5.41, 5.74) is 2.76. The number of aromatic nitrogens is 5. The largest absolute Gasteiger partial charge is 0.351 e. The van der Waals surface area contributed by atoms with Crippen molar-refractivity contribution in [2.75, 3.05) is 6.54 Å². The van der Waals surface area contributed by atoms with E-state index in [2.05, 4.69) is 41.3 Å². The molecule has 0 aliphatic carbocycles. The number of amides is 1. The van der Waals surface area contributed by atoms with Crippen molar-refractivity contribution in [2.45, 2.75) is 32.6 Å². The molecule has 7 nitrogen and oxygen atoms in total. The number of carbonyl (C=O) groups is 1. The molecule has 1 N–H and O–H groups in total. The quantitative estimate of drug-likeness (QED) is 0.558. The molecule has 0 atom stereocenters. The second-order valence-electron chi connectivity index (χ2n) is 8.12. The predicted octanol–water partition coefficient (Wildman–Crippen LogP) is 3.54. The van der Waals surface area contributed by atoms with Crippen molar-refractivity contribution in [3.63, 3.8) is 0 Å². The fraction of sp³-hybridized carbons (Fsp3) is 0.333. The first kappa shape index (κ1) is 19.4. The number of fused-ring (bicyclic) bond motifs is 2. The number of carbonyl (C=O) groups excluding carboxylic acids is 1. The number of imidazole rings is 1. The van der Waals surface area contributed by atoms with Gasteiger partial charge in [0, 0.05) is 36.6 Å². The van der Waals surface area contributed by atoms with Gasteiger partial charge >= 0.3 is 0 Å². The van der Waals surface area contributed by atoms with E-state index in [1.807, 2.05) is 46.5 Å². The fourth-order valence-corrected chi connectivity index (χ4v) is 3.60. The van der Waals surface area contributed by atoms with E-state index in [1.54, 1.807) is 6.07 Å². The number of hydrogen-bond donors (Lipinski definition) is 1. The van der Waals surface area contributed by atoms with E-state index in [1.165, 1.54) is 0 Å². The van der Waals surface area contributed by atoms with E-state index in [9.17, 15) is 4.79 Å². The van der Waals surface area contributed by atoms with Crippen LogP contribution in [0.15, 0.2) is 36.5 Å². The van der Waals surface area contributed by atoms with Crippen LogP contribution in [-0.4, -0.2) is 36.6 Å². The van der Waals surface area contributed by atoms with Crippen LogP contribution in [0, 0.1) is 0 Å². The lowest BCUT2D eigenvalue weighted by atomic mass is 9.96. The molecule has 4 aromatic rings. The molecule has 3 aromatic heterocycles. The number of benzene rings is 1. The molecule has 29 heavy (non-hydrogen) atoms. The van der Waals surface area contributed by atoms with Crippen molar-refractivity contribution in [2.24, 2.45) is 7.05 Å². The van der Waals surface area contributed by atoms with E-state index in [4.69, 9.17) is 11.6 Å². The molecule has 150 valence electrons. The SMILES string of the molecule is Cn1c(CCNC(=O)c2cccn3c(C(C)(C)C)nnc23)nc2cc(Cl)ccc21. The summed E-state index contributed by atoms with van der Waals surface area (Å²) in [5, 5.41) is 12.2. The Labute approximate surface area is 173 Å². The van der Waals surface area contributed by atoms with Crippen LogP contribution in [0.4, 0.5) is 0 Å². The maximum Gasteiger partial charge on any atom is 0.255 e. The Bertz CT molecular complexity index is 1220. The highest BCUT2D eigenvalue weighted by atomic mass is 35.5. The van der Waals surface area contributed by atoms with Gasteiger partial charge in [0.25, 0.3) is 5.91 Å². The van der Waals surface area contributed by atoms with Crippen LogP contribution in [0.25, 0.3) is 16.7 Å². The number of aryl methyl sites for hydroxylation is 1. The molecule has 0 radical (unpaired) electrons. The van der Waals surface area contributed by atoms with Crippen molar-refractivity contribution in [3.05, 3.63) is 58.8 Å². The molecule has 0 aliphatic heterocycles. The number of nitrogens with zero attached hydrogens (tertiary/aromatic N) is 5. The summed E-state index contributed by atoms with van der Waals surface area (Å²) in [5.74, 6) is 1.53. The van der Waals surface area contributed by atoms with Crippen molar-refractivity contribution in [1.82, 2.24) is 29.5 Å². The molecule has 0 aliphatic rings. The number of halogens is 1. The summed E-state index contributed by atoms with van der Waals surface area (Å²) in [7, 11) is 1.96. The van der Waals surface area contributed by atoms with E-state index in [-0.39, 0.29) is 11.3 Å². The summed E-state index contributed by atoms with van der Waals surface area (Å²) < 4.78 is 3.90. The van der Waals surface area contributed by atoms with E-state index in [0.717, 1.165) is 22.7 Å². The third kappa shape index (κ3) is 3.58. The van der Waals surface area contributed by atoms with Gasteiger partial charge in [0.05, 0.1) is 16.6 Å². The van der Waals surface area contributed by atoms with E-state index in [0.29, 0.717) is 29.2 Å². The molecule has 0 saturated heterocycles. The van der Waals surface area contributed by atoms with Crippen LogP contribution in [0.5, 0.6) is 0 Å². The minimum absolute atomic E-state index is 0.169. The van der Waals surface area contributed by atoms with Gasteiger partial charge < -0.3 is 9.88 Å². The summed E-state index contributed by atoms with van der Waals surface area (Å²) >= 11 is 6.05. The number of nitrogens with one attached hydrogen (secondary N) is 1. The number of hydrogen-bond acceptors (Lipinski definition) is 4. The normalized spacial score (nSPS) is 12.0. The van der Waals surface area contributed by atoms with E-state index < -0.39 is 0 Å². The lowest BCUT2D eigenvalue weighted by Gasteiger charge is -2.15. The second kappa shape index (κ2) is 7.15. The molecule has 0 saturated carbocycles. The van der Waals surface area contributed by atoms with Crippen LogP contribution >= 0.6 is 11.6 Å². The first-order chi connectivity index (χ1) is 13.8. The van der Waals surface area contributed by atoms with Crippen LogP contribution in [0.3, 0.4) is 0 Å².